The summed E-state index contributed by atoms with van der Waals surface area (Å²) >= 11 is 8.38. The third kappa shape index (κ3) is 31.6. The first kappa shape index (κ1) is 23.1. The maximum absolute atomic E-state index is 10.2. The minimum absolute atomic E-state index is 0. The van der Waals surface area contributed by atoms with Crippen LogP contribution in [-0.4, -0.2) is 42.7 Å². The van der Waals surface area contributed by atoms with E-state index in [4.69, 9.17) is 9.66 Å². The van der Waals surface area contributed by atoms with Crippen molar-refractivity contribution in [2.24, 2.45) is 5.73 Å². The molecule has 0 aliphatic heterocycles. The molecule has 0 rings (SSSR count). The molecule has 0 saturated heterocycles. The molecular weight excluding hydrogens is 315 g/mol. The first-order valence-electron chi connectivity index (χ1n) is 3.92. The van der Waals surface area contributed by atoms with E-state index in [-0.39, 0.29) is 62.3 Å². The van der Waals surface area contributed by atoms with Gasteiger partial charge in [0.15, 0.2) is 0 Å². The van der Waals surface area contributed by atoms with E-state index in [1.54, 1.807) is 0 Å². The van der Waals surface area contributed by atoms with Gasteiger partial charge in [0, 0.05) is 11.7 Å². The van der Waals surface area contributed by atoms with Crippen molar-refractivity contribution in [3.63, 3.8) is 0 Å². The van der Waals surface area contributed by atoms with Gasteiger partial charge in [-0.1, -0.05) is 12.2 Å². The zero-order chi connectivity index (χ0) is 13.2. The van der Waals surface area contributed by atoms with E-state index >= 15 is 0 Å². The van der Waals surface area contributed by atoms with Crippen molar-refractivity contribution in [2.45, 2.75) is 6.42 Å². The molecule has 0 saturated carbocycles. The molecule has 96 valence electrons. The number of methoxy groups -OCH3 is 1. The Kier molecular flexibility index (Phi) is 18.1. The van der Waals surface area contributed by atoms with Crippen LogP contribution in [0, 0.1) is 0 Å². The number of nitrogens with two attached hydrogens (primary N) is 1. The summed E-state index contributed by atoms with van der Waals surface area (Å²) in [6, 6.07) is 0. The monoisotopic (exact) mass is 328 g/mol. The van der Waals surface area contributed by atoms with Gasteiger partial charge < -0.3 is 20.9 Å². The van der Waals surface area contributed by atoms with Crippen LogP contribution in [0.4, 0.5) is 0 Å². The fourth-order valence-corrected chi connectivity index (χ4v) is 1.13. The Morgan fingerprint density at radius 2 is 1.94 bits per heavy atom. The molecule has 0 aromatic carbocycles. The van der Waals surface area contributed by atoms with Crippen LogP contribution in [-0.2, 0) is 14.9 Å². The van der Waals surface area contributed by atoms with E-state index in [2.05, 4.69) is 40.2 Å². The fourth-order valence-electron chi connectivity index (χ4n) is 0.517. The summed E-state index contributed by atoms with van der Waals surface area (Å²) < 4.78 is 33.3. The summed E-state index contributed by atoms with van der Waals surface area (Å²) in [6.07, 6.45) is 0.294. The topological polar surface area (TPSA) is 125 Å². The molecule has 0 aromatic rings. The predicted molar refractivity (Wildman–Crippen MR) is 65.4 cm³/mol. The van der Waals surface area contributed by atoms with Gasteiger partial charge in [-0.05, 0) is 18.6 Å². The van der Waals surface area contributed by atoms with Gasteiger partial charge in [0.25, 0.3) is 15.3 Å². The van der Waals surface area contributed by atoms with Crippen LogP contribution in [0.2, 0.25) is 0 Å². The Morgan fingerprint density at radius 3 is 2.24 bits per heavy atom. The van der Waals surface area contributed by atoms with Crippen LogP contribution in [0.1, 0.15) is 6.42 Å². The number of thiocarbonyl (C=S) groups is 2. The third-order valence-electron chi connectivity index (χ3n) is 1.03. The molecule has 0 radical (unpaired) electrons. The molecule has 0 aliphatic rings. The Labute approximate surface area is 154 Å². The number of nitrogens with one attached hydrogen (secondary N) is 1. The minimum atomic E-state index is -3.85. The van der Waals surface area contributed by atoms with Crippen molar-refractivity contribution < 1.29 is 74.2 Å². The molecule has 0 atom stereocenters. The second-order valence-corrected chi connectivity index (χ2v) is 4.72. The summed E-state index contributed by atoms with van der Waals surface area (Å²) in [5, 5.41) is 11.1. The number of hydrogen-bond acceptors (Lipinski definition) is 6. The summed E-state index contributed by atoms with van der Waals surface area (Å²) in [7, 11) is -2.44. The summed E-state index contributed by atoms with van der Waals surface area (Å²) in [4.78, 5) is 0. The summed E-state index contributed by atoms with van der Waals surface area (Å²) in [6.45, 7) is 0.368. The van der Waals surface area contributed by atoms with Crippen molar-refractivity contribution in [3.05, 3.63) is 0 Å². The van der Waals surface area contributed by atoms with Crippen LogP contribution >= 0.6 is 24.4 Å². The molecule has 0 aromatic heterocycles. The van der Waals surface area contributed by atoms with Gasteiger partial charge >= 0.3 is 51.4 Å². The van der Waals surface area contributed by atoms with Gasteiger partial charge in [0.1, 0.15) is 0 Å². The predicted octanol–water partition coefficient (Wildman–Crippen LogP) is -4.62. The fraction of sp³-hybridized carbons (Fsp3) is 0.667. The average molecular weight is 328 g/mol. The van der Waals surface area contributed by atoms with Crippen LogP contribution < -0.4 is 67.5 Å². The van der Waals surface area contributed by atoms with Crippen molar-refractivity contribution in [2.75, 3.05) is 19.4 Å². The van der Waals surface area contributed by atoms with E-state index in [0.29, 0.717) is 13.0 Å². The second-order valence-electron chi connectivity index (χ2n) is 2.38. The SMILES string of the molecule is COC(=S)NCCCS(=O)(=O)O.NC([O-])=S.[K+]. The quantitative estimate of drug-likeness (QED) is 0.202. The van der Waals surface area contributed by atoms with E-state index < -0.39 is 15.3 Å². The Balaban J connectivity index is -0.000000340. The molecule has 4 N–H and O–H groups in total. The first-order chi connectivity index (χ1) is 7.19. The van der Waals surface area contributed by atoms with E-state index in [9.17, 15) is 8.42 Å². The van der Waals surface area contributed by atoms with Crippen molar-refractivity contribution in [1.29, 1.82) is 0 Å². The van der Waals surface area contributed by atoms with Crippen LogP contribution in [0.15, 0.2) is 0 Å². The molecule has 0 bridgehead atoms. The number of hydrogen-bond donors (Lipinski definition) is 3. The minimum Gasteiger partial charge on any atom is -0.852 e. The molecular formula is C6H13KN2O5S3. The molecule has 0 spiro atoms. The smallest absolute Gasteiger partial charge is 0.852 e. The molecule has 0 amide bonds. The van der Waals surface area contributed by atoms with Crippen molar-refractivity contribution in [1.82, 2.24) is 5.32 Å². The third-order valence-corrected chi connectivity index (χ3v) is 2.15. The van der Waals surface area contributed by atoms with Gasteiger partial charge in [-0.25, -0.2) is 0 Å². The molecule has 0 unspecified atom stereocenters. The second kappa shape index (κ2) is 13.4. The zero-order valence-corrected chi connectivity index (χ0v) is 15.1. The van der Waals surface area contributed by atoms with Crippen LogP contribution in [0.25, 0.3) is 0 Å². The van der Waals surface area contributed by atoms with Gasteiger partial charge in [0.2, 0.25) is 0 Å². The van der Waals surface area contributed by atoms with Gasteiger partial charge in [-0.2, -0.15) is 8.42 Å². The van der Waals surface area contributed by atoms with Crippen molar-refractivity contribution in [3.8, 4) is 0 Å². The Morgan fingerprint density at radius 1 is 1.53 bits per heavy atom. The van der Waals surface area contributed by atoms with Crippen molar-refractivity contribution >= 4 is 44.9 Å². The Bertz CT molecular complexity index is 318. The molecule has 0 aliphatic carbocycles. The zero-order valence-electron chi connectivity index (χ0n) is 9.50. The van der Waals surface area contributed by atoms with Gasteiger partial charge in [-0.3, -0.25) is 4.55 Å². The maximum Gasteiger partial charge on any atom is 1.00 e. The van der Waals surface area contributed by atoms with E-state index in [1.807, 2.05) is 0 Å². The molecule has 11 heteroatoms. The largest absolute Gasteiger partial charge is 1.00 e. The molecule has 0 fully saturated rings. The Hall–Kier alpha value is 0.926. The molecule has 17 heavy (non-hydrogen) atoms. The first-order valence-corrected chi connectivity index (χ1v) is 6.35. The maximum atomic E-state index is 10.2. The van der Waals surface area contributed by atoms with E-state index in [1.165, 1.54) is 7.11 Å². The number of rotatable bonds is 4. The van der Waals surface area contributed by atoms with Gasteiger partial charge in [-0.15, -0.1) is 0 Å². The van der Waals surface area contributed by atoms with Crippen LogP contribution in [0.5, 0.6) is 0 Å². The summed E-state index contributed by atoms with van der Waals surface area (Å²) in [5.74, 6) is -0.272. The standard InChI is InChI=1S/C5H11NO4S2.CH3NOS.K/c1-10-5(11)6-3-2-4-12(7,8)9;2-1(3)4;/h2-4H2,1H3,(H,6,11)(H,7,8,9);(H3,2,3,4);/q;;+1/p-1. The normalized spacial score (nSPS) is 9.06. The molecule has 7 nitrogen and oxygen atoms in total. The van der Waals surface area contributed by atoms with Gasteiger partial charge in [0.05, 0.1) is 12.9 Å². The number of ether oxygens (including phenoxy) is 1. The molecule has 0 heterocycles. The van der Waals surface area contributed by atoms with Crippen LogP contribution in [0.3, 0.4) is 0 Å². The average Bonchev–Trinajstić information content (AvgIpc) is 2.09. The van der Waals surface area contributed by atoms with E-state index in [0.717, 1.165) is 0 Å². The summed E-state index contributed by atoms with van der Waals surface area (Å²) in [5.41, 5.74) is 4.29.